The molecular formula is C31H49N3O4. The van der Waals surface area contributed by atoms with E-state index in [1.807, 2.05) is 52.0 Å². The van der Waals surface area contributed by atoms with E-state index in [9.17, 15) is 9.90 Å². The third-order valence-electron chi connectivity index (χ3n) is 5.74. The summed E-state index contributed by atoms with van der Waals surface area (Å²) in [6.07, 6.45) is 6.48. The van der Waals surface area contributed by atoms with Gasteiger partial charge in [0.15, 0.2) is 0 Å². The molecule has 0 saturated heterocycles. The van der Waals surface area contributed by atoms with Gasteiger partial charge in [-0.05, 0) is 81.2 Å². The molecular weight excluding hydrogens is 478 g/mol. The van der Waals surface area contributed by atoms with E-state index in [1.54, 1.807) is 0 Å². The van der Waals surface area contributed by atoms with Crippen LogP contribution in [0.2, 0.25) is 0 Å². The normalized spacial score (nSPS) is 16.3. The summed E-state index contributed by atoms with van der Waals surface area (Å²) in [6, 6.07) is 5.20. The van der Waals surface area contributed by atoms with Crippen LogP contribution in [-0.2, 0) is 17.6 Å². The van der Waals surface area contributed by atoms with Crippen molar-refractivity contribution in [1.29, 1.82) is 0 Å². The number of allylic oxidation sites excluding steroid dienone is 1. The van der Waals surface area contributed by atoms with Gasteiger partial charge in [-0.15, -0.1) is 0 Å². The standard InChI is InChI=1S/C27H38N2O4.C4H11N/c1-18(2)8-7-9-24-28-23(19(3)33-24)13-15-32-21-11-10-20-12-14-29(17-27(4,5)6)25(26(30)31)22(20)16-21;1-4(2,3)5/h7,9-11,16,18,25H,8,12-15,17H2,1-6H3,(H,30,31);5H2,1-3H3/b9-7+;. The summed E-state index contributed by atoms with van der Waals surface area (Å²) < 4.78 is 11.7. The summed E-state index contributed by atoms with van der Waals surface area (Å²) in [7, 11) is 0. The van der Waals surface area contributed by atoms with Gasteiger partial charge in [-0.2, -0.15) is 0 Å². The molecule has 3 N–H and O–H groups in total. The van der Waals surface area contributed by atoms with Crippen molar-refractivity contribution in [1.82, 2.24) is 9.88 Å². The minimum atomic E-state index is -0.811. The lowest BCUT2D eigenvalue weighted by atomic mass is 9.88. The zero-order valence-corrected chi connectivity index (χ0v) is 24.9. The summed E-state index contributed by atoms with van der Waals surface area (Å²) in [5.41, 5.74) is 8.19. The highest BCUT2D eigenvalue weighted by molar-refractivity contribution is 5.77. The molecule has 1 aromatic heterocycles. The average molecular weight is 528 g/mol. The van der Waals surface area contributed by atoms with Crippen molar-refractivity contribution in [2.24, 2.45) is 17.1 Å². The molecule has 2 heterocycles. The molecule has 1 aromatic carbocycles. The van der Waals surface area contributed by atoms with Gasteiger partial charge in [0.05, 0.1) is 12.3 Å². The second kappa shape index (κ2) is 13.4. The predicted molar refractivity (Wildman–Crippen MR) is 154 cm³/mol. The molecule has 2 aromatic rings. The highest BCUT2D eigenvalue weighted by atomic mass is 16.5. The number of carboxylic acid groups (broad SMARTS) is 1. The number of hydrogen-bond donors (Lipinski definition) is 2. The van der Waals surface area contributed by atoms with Crippen molar-refractivity contribution in [3.63, 3.8) is 0 Å². The highest BCUT2D eigenvalue weighted by Gasteiger charge is 2.35. The number of nitrogens with zero attached hydrogens (tertiary/aromatic N) is 2. The van der Waals surface area contributed by atoms with Gasteiger partial charge in [-0.1, -0.05) is 46.8 Å². The summed E-state index contributed by atoms with van der Waals surface area (Å²) in [4.78, 5) is 18.8. The predicted octanol–water partition coefficient (Wildman–Crippen LogP) is 6.44. The second-order valence-corrected chi connectivity index (χ2v) is 12.9. The summed E-state index contributed by atoms with van der Waals surface area (Å²) in [5.74, 6) is 1.91. The summed E-state index contributed by atoms with van der Waals surface area (Å²) in [5, 5.41) is 9.99. The fourth-order valence-electron chi connectivity index (χ4n) is 4.26. The van der Waals surface area contributed by atoms with Crippen molar-refractivity contribution in [2.45, 2.75) is 93.2 Å². The molecule has 1 aliphatic heterocycles. The van der Waals surface area contributed by atoms with E-state index in [1.165, 1.54) is 0 Å². The van der Waals surface area contributed by atoms with E-state index < -0.39 is 12.0 Å². The van der Waals surface area contributed by atoms with E-state index in [-0.39, 0.29) is 11.0 Å². The Hall–Kier alpha value is -2.64. The second-order valence-electron chi connectivity index (χ2n) is 12.9. The van der Waals surface area contributed by atoms with Crippen molar-refractivity contribution in [2.75, 3.05) is 19.7 Å². The molecule has 3 rings (SSSR count). The molecule has 0 spiro atoms. The number of fused-ring (bicyclic) bond motifs is 1. The number of aliphatic carboxylic acids is 1. The number of rotatable bonds is 9. The van der Waals surface area contributed by atoms with Gasteiger partial charge in [0.2, 0.25) is 5.89 Å². The summed E-state index contributed by atoms with van der Waals surface area (Å²) in [6.45, 7) is 20.5. The SMILES string of the molecule is CC(C)(C)N.Cc1oc(/C=C/CC(C)C)nc1CCOc1ccc2c(c1)C(C(=O)O)N(CC(C)(C)C)CC2. The number of hydrogen-bond acceptors (Lipinski definition) is 6. The molecule has 0 amide bonds. The van der Waals surface area contributed by atoms with Gasteiger partial charge in [-0.3, -0.25) is 9.69 Å². The third kappa shape index (κ3) is 11.0. The van der Waals surface area contributed by atoms with Crippen LogP contribution in [0.25, 0.3) is 6.08 Å². The summed E-state index contributed by atoms with van der Waals surface area (Å²) >= 11 is 0. The minimum Gasteiger partial charge on any atom is -0.493 e. The number of benzene rings is 1. The number of nitrogens with two attached hydrogens (primary N) is 1. The van der Waals surface area contributed by atoms with Crippen LogP contribution in [0.3, 0.4) is 0 Å². The monoisotopic (exact) mass is 527 g/mol. The Labute approximate surface area is 229 Å². The lowest BCUT2D eigenvalue weighted by molar-refractivity contribution is -0.144. The Morgan fingerprint density at radius 3 is 2.50 bits per heavy atom. The van der Waals surface area contributed by atoms with Gasteiger partial charge in [-0.25, -0.2) is 4.98 Å². The van der Waals surface area contributed by atoms with E-state index in [0.717, 1.165) is 48.5 Å². The van der Waals surface area contributed by atoms with Crippen LogP contribution in [0.4, 0.5) is 0 Å². The number of ether oxygens (including phenoxy) is 1. The topological polar surface area (TPSA) is 102 Å². The molecule has 0 fully saturated rings. The number of oxazole rings is 1. The van der Waals surface area contributed by atoms with Crippen LogP contribution in [0.1, 0.15) is 96.3 Å². The van der Waals surface area contributed by atoms with Crippen molar-refractivity contribution < 1.29 is 19.1 Å². The van der Waals surface area contributed by atoms with E-state index >= 15 is 0 Å². The molecule has 0 radical (unpaired) electrons. The largest absolute Gasteiger partial charge is 0.493 e. The van der Waals surface area contributed by atoms with Crippen LogP contribution >= 0.6 is 0 Å². The Bertz CT molecular complexity index is 1070. The molecule has 0 saturated carbocycles. The van der Waals surface area contributed by atoms with E-state index in [2.05, 4.69) is 50.6 Å². The first kappa shape index (κ1) is 31.6. The Balaban J connectivity index is 0.000000926. The number of carboxylic acids is 1. The quantitative estimate of drug-likeness (QED) is 0.387. The molecule has 38 heavy (non-hydrogen) atoms. The fraction of sp³-hybridized carbons (Fsp3) is 0.613. The Morgan fingerprint density at radius 2 is 1.92 bits per heavy atom. The molecule has 7 nitrogen and oxygen atoms in total. The average Bonchev–Trinajstić information content (AvgIpc) is 3.10. The lowest BCUT2D eigenvalue weighted by Gasteiger charge is -2.38. The first-order valence-corrected chi connectivity index (χ1v) is 13.7. The molecule has 1 atom stereocenters. The molecule has 7 heteroatoms. The Morgan fingerprint density at radius 1 is 1.26 bits per heavy atom. The highest BCUT2D eigenvalue weighted by Crippen LogP contribution is 2.34. The Kier molecular flexibility index (Phi) is 11.2. The number of aromatic nitrogens is 1. The maximum atomic E-state index is 12.2. The number of carbonyl (C=O) groups is 1. The van der Waals surface area contributed by atoms with Gasteiger partial charge in [0.1, 0.15) is 17.6 Å². The van der Waals surface area contributed by atoms with Crippen molar-refractivity contribution in [3.8, 4) is 5.75 Å². The van der Waals surface area contributed by atoms with Gasteiger partial charge < -0.3 is 20.0 Å². The maximum absolute atomic E-state index is 12.2. The van der Waals surface area contributed by atoms with Crippen LogP contribution < -0.4 is 10.5 Å². The van der Waals surface area contributed by atoms with Crippen LogP contribution in [0, 0.1) is 18.3 Å². The molecule has 212 valence electrons. The third-order valence-corrected chi connectivity index (χ3v) is 5.74. The van der Waals surface area contributed by atoms with Gasteiger partial charge >= 0.3 is 5.97 Å². The molecule has 0 bridgehead atoms. The molecule has 1 aliphatic rings. The minimum absolute atomic E-state index is 0. The fourth-order valence-corrected chi connectivity index (χ4v) is 4.26. The van der Waals surface area contributed by atoms with Crippen molar-refractivity contribution >= 4 is 12.0 Å². The zero-order valence-electron chi connectivity index (χ0n) is 24.9. The van der Waals surface area contributed by atoms with Crippen molar-refractivity contribution in [3.05, 3.63) is 52.7 Å². The van der Waals surface area contributed by atoms with Crippen LogP contribution in [0.15, 0.2) is 28.7 Å². The smallest absolute Gasteiger partial charge is 0.325 e. The van der Waals surface area contributed by atoms with E-state index in [4.69, 9.17) is 14.9 Å². The molecule has 1 unspecified atom stereocenters. The maximum Gasteiger partial charge on any atom is 0.325 e. The van der Waals surface area contributed by atoms with Gasteiger partial charge in [0, 0.05) is 25.0 Å². The van der Waals surface area contributed by atoms with Crippen LogP contribution in [-0.4, -0.2) is 46.2 Å². The van der Waals surface area contributed by atoms with E-state index in [0.29, 0.717) is 30.6 Å². The zero-order chi connectivity index (χ0) is 28.7. The first-order valence-electron chi connectivity index (χ1n) is 13.7. The van der Waals surface area contributed by atoms with Gasteiger partial charge in [0.25, 0.3) is 0 Å². The first-order chi connectivity index (χ1) is 17.5. The molecule has 0 aliphatic carbocycles. The number of aryl methyl sites for hydroxylation is 1. The lowest BCUT2D eigenvalue weighted by Crippen LogP contribution is -2.43. The van der Waals surface area contributed by atoms with Crippen LogP contribution in [0.5, 0.6) is 5.75 Å².